The van der Waals surface area contributed by atoms with Crippen LogP contribution in [0.4, 0.5) is 0 Å². The molecule has 0 N–H and O–H groups in total. The van der Waals surface area contributed by atoms with Crippen LogP contribution in [0.5, 0.6) is 0 Å². The van der Waals surface area contributed by atoms with E-state index in [-0.39, 0.29) is 11.8 Å². The number of para-hydroxylation sites is 2. The molecule has 0 fully saturated rings. The van der Waals surface area contributed by atoms with Crippen molar-refractivity contribution in [3.63, 3.8) is 0 Å². The molecule has 10 aromatic carbocycles. The summed E-state index contributed by atoms with van der Waals surface area (Å²) in [6.07, 6.45) is 0. The Bertz CT molecular complexity index is 4110. The van der Waals surface area contributed by atoms with Crippen LogP contribution in [0.1, 0.15) is 45.2 Å². The van der Waals surface area contributed by atoms with E-state index in [1.54, 1.807) is 0 Å². The second-order valence-electron chi connectivity index (χ2n) is 18.9. The first-order chi connectivity index (χ1) is 35.2. The number of fused-ring (bicyclic) bond motifs is 6. The standard InChI is InChI=1S/C65H42N4OSi/c1-4-21-42(22-5-1)71(43-23-6-2-7-24-43,44-25-8-3-9-26-44)45-27-18-20-41(40-45)63-66-64(53-34-19-37-57-59(53)51-33-15-17-36-56(51)70-57)68-65(67-63)69-54-35-16-14-32-50(54)61-55(69)39-38-52-58-46-28-10-12-30-48(46)60(62(52)61)49-31-13-11-29-47(49)58/h1-40,58,60H. The van der Waals surface area contributed by atoms with Crippen molar-refractivity contribution in [3.8, 4) is 28.7 Å². The van der Waals surface area contributed by atoms with E-state index in [1.807, 2.05) is 24.3 Å². The topological polar surface area (TPSA) is 56.7 Å². The molecule has 3 aliphatic rings. The minimum absolute atomic E-state index is 0.0906. The van der Waals surface area contributed by atoms with Gasteiger partial charge in [-0.3, -0.25) is 4.57 Å². The van der Waals surface area contributed by atoms with Crippen LogP contribution in [0.2, 0.25) is 0 Å². The zero-order valence-electron chi connectivity index (χ0n) is 38.4. The zero-order chi connectivity index (χ0) is 46.6. The number of hydrogen-bond acceptors (Lipinski definition) is 4. The molecule has 0 radical (unpaired) electrons. The maximum absolute atomic E-state index is 6.48. The van der Waals surface area contributed by atoms with Gasteiger partial charge in [0.15, 0.2) is 19.7 Å². The predicted molar refractivity (Wildman–Crippen MR) is 291 cm³/mol. The summed E-state index contributed by atoms with van der Waals surface area (Å²) in [5.74, 6) is 1.98. The van der Waals surface area contributed by atoms with Crippen LogP contribution in [0.25, 0.3) is 72.5 Å². The summed E-state index contributed by atoms with van der Waals surface area (Å²) in [5, 5.41) is 9.58. The third kappa shape index (κ3) is 5.77. The maximum atomic E-state index is 6.48. The quantitative estimate of drug-likeness (QED) is 0.118. The van der Waals surface area contributed by atoms with Gasteiger partial charge in [0.25, 0.3) is 0 Å². The third-order valence-electron chi connectivity index (χ3n) is 15.4. The fourth-order valence-electron chi connectivity index (χ4n) is 12.6. The molecule has 0 amide bonds. The molecule has 0 spiro atoms. The second-order valence-corrected chi connectivity index (χ2v) is 22.7. The summed E-state index contributed by atoms with van der Waals surface area (Å²) < 4.78 is 8.77. The van der Waals surface area contributed by atoms with Gasteiger partial charge in [-0.15, -0.1) is 0 Å². The lowest BCUT2D eigenvalue weighted by Gasteiger charge is -2.42. The average Bonchev–Trinajstić information content (AvgIpc) is 4.01. The minimum Gasteiger partial charge on any atom is -0.456 e. The highest BCUT2D eigenvalue weighted by molar-refractivity contribution is 7.19. The molecular weight excluding hydrogens is 881 g/mol. The Labute approximate surface area is 411 Å². The SMILES string of the molecule is c1ccc([Si](c2ccccc2)(c2ccccc2)c2cccc(-c3nc(-c4cccc5oc6ccccc6c45)nc(-n4c5ccccc5c5c6c(ccc54)C4c5ccccc5C6c5ccccc54)n3)c2)cc1. The largest absolute Gasteiger partial charge is 0.456 e. The van der Waals surface area contributed by atoms with Gasteiger partial charge in [-0.05, 0) is 78.4 Å². The smallest absolute Gasteiger partial charge is 0.238 e. The molecule has 3 aromatic heterocycles. The van der Waals surface area contributed by atoms with Gasteiger partial charge in [0, 0.05) is 44.5 Å². The summed E-state index contributed by atoms with van der Waals surface area (Å²) in [5.41, 5.74) is 13.9. The molecule has 3 heterocycles. The molecule has 5 nitrogen and oxygen atoms in total. The van der Waals surface area contributed by atoms with Crippen LogP contribution in [-0.2, 0) is 0 Å². The number of aromatic nitrogens is 4. The number of furan rings is 1. The Kier molecular flexibility index (Phi) is 8.74. The molecule has 0 unspecified atom stereocenters. The summed E-state index contributed by atoms with van der Waals surface area (Å²) in [4.78, 5) is 16.7. The number of hydrogen-bond donors (Lipinski definition) is 0. The van der Waals surface area contributed by atoms with E-state index in [1.165, 1.54) is 64.9 Å². The van der Waals surface area contributed by atoms with Crippen LogP contribution in [0.15, 0.2) is 247 Å². The van der Waals surface area contributed by atoms with Gasteiger partial charge in [-0.1, -0.05) is 218 Å². The highest BCUT2D eigenvalue weighted by Gasteiger charge is 2.44. The molecular formula is C65H42N4OSi. The maximum Gasteiger partial charge on any atom is 0.238 e. The summed E-state index contributed by atoms with van der Waals surface area (Å²) in [7, 11) is -2.90. The van der Waals surface area contributed by atoms with Crippen molar-refractivity contribution in [2.45, 2.75) is 11.8 Å². The predicted octanol–water partition coefficient (Wildman–Crippen LogP) is 12.6. The Hall–Kier alpha value is -8.97. The Morgan fingerprint density at radius 3 is 1.58 bits per heavy atom. The molecule has 3 aliphatic carbocycles. The monoisotopic (exact) mass is 922 g/mol. The number of nitrogens with zero attached hydrogens (tertiary/aromatic N) is 4. The Morgan fingerprint density at radius 1 is 0.366 bits per heavy atom. The highest BCUT2D eigenvalue weighted by atomic mass is 28.3. The lowest BCUT2D eigenvalue weighted by Crippen LogP contribution is -2.74. The Morgan fingerprint density at radius 2 is 0.901 bits per heavy atom. The van der Waals surface area contributed by atoms with Crippen LogP contribution in [0, 0.1) is 0 Å². The van der Waals surface area contributed by atoms with Crippen LogP contribution in [0.3, 0.4) is 0 Å². The van der Waals surface area contributed by atoms with Crippen molar-refractivity contribution in [1.29, 1.82) is 0 Å². The molecule has 0 atom stereocenters. The van der Waals surface area contributed by atoms with E-state index in [2.05, 4.69) is 223 Å². The molecule has 0 aliphatic heterocycles. The molecule has 6 heteroatoms. The van der Waals surface area contributed by atoms with Crippen molar-refractivity contribution >= 4 is 72.6 Å². The summed E-state index contributed by atoms with van der Waals surface area (Å²) in [6.45, 7) is 0. The summed E-state index contributed by atoms with van der Waals surface area (Å²) in [6, 6.07) is 88.2. The molecule has 71 heavy (non-hydrogen) atoms. The van der Waals surface area contributed by atoms with Gasteiger partial charge < -0.3 is 4.42 Å². The number of rotatable bonds is 7. The summed E-state index contributed by atoms with van der Waals surface area (Å²) >= 11 is 0. The number of benzene rings is 10. The first kappa shape index (κ1) is 40.0. The fourth-order valence-corrected chi connectivity index (χ4v) is 17.4. The van der Waals surface area contributed by atoms with Gasteiger partial charge in [0.1, 0.15) is 11.2 Å². The van der Waals surface area contributed by atoms with E-state index < -0.39 is 8.07 Å². The second kappa shape index (κ2) is 15.5. The average molecular weight is 923 g/mol. The van der Waals surface area contributed by atoms with Crippen molar-refractivity contribution in [2.24, 2.45) is 0 Å². The van der Waals surface area contributed by atoms with E-state index in [4.69, 9.17) is 19.4 Å². The molecule has 332 valence electrons. The molecule has 0 saturated carbocycles. The fraction of sp³-hybridized carbons (Fsp3) is 0.0308. The highest BCUT2D eigenvalue weighted by Crippen LogP contribution is 2.58. The first-order valence-electron chi connectivity index (χ1n) is 24.4. The minimum atomic E-state index is -2.90. The van der Waals surface area contributed by atoms with Crippen LogP contribution in [-0.4, -0.2) is 27.6 Å². The Balaban J connectivity index is 1.01. The van der Waals surface area contributed by atoms with E-state index >= 15 is 0 Å². The lowest BCUT2D eigenvalue weighted by molar-refractivity contribution is 0.669. The molecule has 16 rings (SSSR count). The van der Waals surface area contributed by atoms with Crippen molar-refractivity contribution < 1.29 is 4.42 Å². The van der Waals surface area contributed by atoms with E-state index in [0.717, 1.165) is 44.1 Å². The van der Waals surface area contributed by atoms with Crippen molar-refractivity contribution in [3.05, 3.63) is 276 Å². The molecule has 2 bridgehead atoms. The van der Waals surface area contributed by atoms with Crippen molar-refractivity contribution in [2.75, 3.05) is 0 Å². The van der Waals surface area contributed by atoms with E-state index in [0.29, 0.717) is 17.6 Å². The molecule has 0 saturated heterocycles. The van der Waals surface area contributed by atoms with Gasteiger partial charge in [-0.25, -0.2) is 4.98 Å². The lowest BCUT2D eigenvalue weighted by atomic mass is 9.60. The van der Waals surface area contributed by atoms with Crippen LogP contribution >= 0.6 is 0 Å². The molecule has 13 aromatic rings. The van der Waals surface area contributed by atoms with Crippen molar-refractivity contribution in [1.82, 2.24) is 19.5 Å². The van der Waals surface area contributed by atoms with E-state index in [9.17, 15) is 0 Å². The van der Waals surface area contributed by atoms with Gasteiger partial charge in [0.2, 0.25) is 5.95 Å². The van der Waals surface area contributed by atoms with Gasteiger partial charge in [-0.2, -0.15) is 9.97 Å². The zero-order valence-corrected chi connectivity index (χ0v) is 39.4. The van der Waals surface area contributed by atoms with Gasteiger partial charge >= 0.3 is 0 Å². The normalized spacial score (nSPS) is 14.8. The third-order valence-corrected chi connectivity index (χ3v) is 20.2. The first-order valence-corrected chi connectivity index (χ1v) is 26.4. The van der Waals surface area contributed by atoms with Gasteiger partial charge in [0.05, 0.1) is 11.0 Å². The van der Waals surface area contributed by atoms with Crippen LogP contribution < -0.4 is 20.7 Å².